The molecule has 0 amide bonds. The third-order valence-electron chi connectivity index (χ3n) is 2.69. The molecule has 2 heterocycles. The van der Waals surface area contributed by atoms with Crippen LogP contribution in [-0.2, 0) is 0 Å². The number of halogens is 1. The number of hydrogen-bond donors (Lipinski definition) is 1. The zero-order valence-electron chi connectivity index (χ0n) is 8.91. The molecule has 0 aliphatic carbocycles. The van der Waals surface area contributed by atoms with Gasteiger partial charge in [-0.15, -0.1) is 0 Å². The molecule has 1 aromatic heterocycles. The molecule has 3 nitrogen and oxygen atoms in total. The van der Waals surface area contributed by atoms with Crippen molar-refractivity contribution in [1.82, 2.24) is 9.88 Å². The molecule has 1 aliphatic rings. The van der Waals surface area contributed by atoms with Gasteiger partial charge in [0.25, 0.3) is 0 Å². The molecule has 1 atom stereocenters. The lowest BCUT2D eigenvalue weighted by Crippen LogP contribution is -2.39. The Morgan fingerprint density at radius 1 is 1.53 bits per heavy atom. The van der Waals surface area contributed by atoms with Gasteiger partial charge >= 0.3 is 0 Å². The van der Waals surface area contributed by atoms with E-state index in [9.17, 15) is 4.39 Å². The maximum atomic E-state index is 12.8. The van der Waals surface area contributed by atoms with E-state index in [1.54, 1.807) is 12.1 Å². The Morgan fingerprint density at radius 3 is 3.13 bits per heavy atom. The molecule has 0 bridgehead atoms. The minimum absolute atomic E-state index is 0.387. The standard InChI is InChI=1S/C11H16FN3/c1-15-7-3-4-9(8-15)13-11-6-2-5-10(12)14-11/h2,5-6,9H,3-4,7-8H2,1H3,(H,13,14). The fraction of sp³-hybridized carbons (Fsp3) is 0.545. The second-order valence-corrected chi connectivity index (χ2v) is 4.09. The summed E-state index contributed by atoms with van der Waals surface area (Å²) < 4.78 is 12.8. The zero-order valence-corrected chi connectivity index (χ0v) is 8.91. The number of likely N-dealkylation sites (tertiary alicyclic amines) is 1. The van der Waals surface area contributed by atoms with Gasteiger partial charge in [-0.1, -0.05) is 6.07 Å². The van der Waals surface area contributed by atoms with E-state index in [0.29, 0.717) is 11.9 Å². The van der Waals surface area contributed by atoms with Crippen LogP contribution in [0.25, 0.3) is 0 Å². The number of aromatic nitrogens is 1. The molecule has 1 aromatic rings. The van der Waals surface area contributed by atoms with Crippen LogP contribution in [0.2, 0.25) is 0 Å². The van der Waals surface area contributed by atoms with Crippen molar-refractivity contribution >= 4 is 5.82 Å². The summed E-state index contributed by atoms with van der Waals surface area (Å²) in [6.45, 7) is 2.15. The minimum atomic E-state index is -0.427. The fourth-order valence-electron chi connectivity index (χ4n) is 1.98. The number of hydrogen-bond acceptors (Lipinski definition) is 3. The van der Waals surface area contributed by atoms with E-state index >= 15 is 0 Å². The molecular weight excluding hydrogens is 193 g/mol. The van der Waals surface area contributed by atoms with Crippen LogP contribution in [0.5, 0.6) is 0 Å². The smallest absolute Gasteiger partial charge is 0.214 e. The Labute approximate surface area is 89.3 Å². The van der Waals surface area contributed by atoms with Gasteiger partial charge < -0.3 is 10.2 Å². The van der Waals surface area contributed by atoms with Crippen LogP contribution < -0.4 is 5.32 Å². The van der Waals surface area contributed by atoms with Gasteiger partial charge in [-0.25, -0.2) is 4.98 Å². The van der Waals surface area contributed by atoms with Crippen LogP contribution in [0.3, 0.4) is 0 Å². The quantitative estimate of drug-likeness (QED) is 0.752. The third kappa shape index (κ3) is 2.89. The molecule has 2 rings (SSSR count). The van der Waals surface area contributed by atoms with E-state index in [2.05, 4.69) is 22.2 Å². The lowest BCUT2D eigenvalue weighted by molar-refractivity contribution is 0.260. The van der Waals surface area contributed by atoms with Crippen LogP contribution in [0.1, 0.15) is 12.8 Å². The maximum Gasteiger partial charge on any atom is 0.214 e. The molecule has 0 spiro atoms. The van der Waals surface area contributed by atoms with Gasteiger partial charge in [0.15, 0.2) is 0 Å². The topological polar surface area (TPSA) is 28.2 Å². The lowest BCUT2D eigenvalue weighted by atomic mass is 10.1. The first-order valence-corrected chi connectivity index (χ1v) is 5.32. The highest BCUT2D eigenvalue weighted by Crippen LogP contribution is 2.13. The van der Waals surface area contributed by atoms with Crippen molar-refractivity contribution in [3.05, 3.63) is 24.1 Å². The average Bonchev–Trinajstić information content (AvgIpc) is 2.17. The third-order valence-corrected chi connectivity index (χ3v) is 2.69. The molecule has 0 radical (unpaired) electrons. The summed E-state index contributed by atoms with van der Waals surface area (Å²) in [6.07, 6.45) is 2.31. The predicted molar refractivity (Wildman–Crippen MR) is 58.3 cm³/mol. The molecular formula is C11H16FN3. The second kappa shape index (κ2) is 4.57. The monoisotopic (exact) mass is 209 g/mol. The normalized spacial score (nSPS) is 22.7. The van der Waals surface area contributed by atoms with Crippen LogP contribution in [-0.4, -0.2) is 36.1 Å². The van der Waals surface area contributed by atoms with E-state index in [0.717, 1.165) is 19.5 Å². The lowest BCUT2D eigenvalue weighted by Gasteiger charge is -2.30. The van der Waals surface area contributed by atoms with E-state index in [1.807, 2.05) is 0 Å². The Balaban J connectivity index is 1.96. The number of pyridine rings is 1. The van der Waals surface area contributed by atoms with Crippen LogP contribution in [0.4, 0.5) is 10.2 Å². The van der Waals surface area contributed by atoms with Crippen molar-refractivity contribution in [1.29, 1.82) is 0 Å². The van der Waals surface area contributed by atoms with Gasteiger partial charge in [0, 0.05) is 12.6 Å². The number of likely N-dealkylation sites (N-methyl/N-ethyl adjacent to an activating group) is 1. The van der Waals surface area contributed by atoms with E-state index in [4.69, 9.17) is 0 Å². The summed E-state index contributed by atoms with van der Waals surface area (Å²) >= 11 is 0. The van der Waals surface area contributed by atoms with Gasteiger partial charge in [0.1, 0.15) is 5.82 Å². The number of rotatable bonds is 2. The summed E-state index contributed by atoms with van der Waals surface area (Å²) in [4.78, 5) is 6.07. The van der Waals surface area contributed by atoms with E-state index in [1.165, 1.54) is 12.5 Å². The molecule has 1 unspecified atom stereocenters. The number of anilines is 1. The Morgan fingerprint density at radius 2 is 2.40 bits per heavy atom. The zero-order chi connectivity index (χ0) is 10.7. The van der Waals surface area contributed by atoms with Crippen molar-refractivity contribution in [3.63, 3.8) is 0 Å². The summed E-state index contributed by atoms with van der Waals surface area (Å²) in [7, 11) is 2.10. The highest BCUT2D eigenvalue weighted by molar-refractivity contribution is 5.35. The van der Waals surface area contributed by atoms with Gasteiger partial charge in [-0.05, 0) is 38.6 Å². The van der Waals surface area contributed by atoms with Gasteiger partial charge in [-0.2, -0.15) is 4.39 Å². The highest BCUT2D eigenvalue weighted by atomic mass is 19.1. The Bertz CT molecular complexity index is 329. The van der Waals surface area contributed by atoms with E-state index < -0.39 is 5.95 Å². The number of nitrogens with one attached hydrogen (secondary N) is 1. The van der Waals surface area contributed by atoms with Crippen LogP contribution in [0.15, 0.2) is 18.2 Å². The van der Waals surface area contributed by atoms with Crippen molar-refractivity contribution in [3.8, 4) is 0 Å². The predicted octanol–water partition coefficient (Wildman–Crippen LogP) is 1.73. The highest BCUT2D eigenvalue weighted by Gasteiger charge is 2.16. The molecule has 0 aromatic carbocycles. The van der Waals surface area contributed by atoms with Crippen molar-refractivity contribution in [2.45, 2.75) is 18.9 Å². The summed E-state index contributed by atoms with van der Waals surface area (Å²) in [5.74, 6) is 0.208. The molecule has 15 heavy (non-hydrogen) atoms. The Hall–Kier alpha value is -1.16. The van der Waals surface area contributed by atoms with Crippen molar-refractivity contribution < 1.29 is 4.39 Å². The molecule has 4 heteroatoms. The molecule has 1 N–H and O–H groups in total. The SMILES string of the molecule is CN1CCCC(Nc2cccc(F)n2)C1. The van der Waals surface area contributed by atoms with Crippen LogP contribution >= 0.6 is 0 Å². The van der Waals surface area contributed by atoms with Gasteiger partial charge in [0.05, 0.1) is 0 Å². The fourth-order valence-corrected chi connectivity index (χ4v) is 1.98. The number of nitrogens with zero attached hydrogens (tertiary/aromatic N) is 2. The molecule has 82 valence electrons. The van der Waals surface area contributed by atoms with Crippen molar-refractivity contribution in [2.75, 3.05) is 25.5 Å². The second-order valence-electron chi connectivity index (χ2n) is 4.09. The molecule has 0 saturated carbocycles. The average molecular weight is 209 g/mol. The van der Waals surface area contributed by atoms with Crippen LogP contribution in [0, 0.1) is 5.95 Å². The maximum absolute atomic E-state index is 12.8. The largest absolute Gasteiger partial charge is 0.366 e. The Kier molecular flexibility index (Phi) is 3.16. The first-order valence-electron chi connectivity index (χ1n) is 5.32. The van der Waals surface area contributed by atoms with Gasteiger partial charge in [0.2, 0.25) is 5.95 Å². The van der Waals surface area contributed by atoms with E-state index in [-0.39, 0.29) is 0 Å². The molecule has 1 saturated heterocycles. The minimum Gasteiger partial charge on any atom is -0.366 e. The van der Waals surface area contributed by atoms with Crippen molar-refractivity contribution in [2.24, 2.45) is 0 Å². The van der Waals surface area contributed by atoms with Gasteiger partial charge in [-0.3, -0.25) is 0 Å². The first-order chi connectivity index (χ1) is 7.24. The molecule has 1 fully saturated rings. The first kappa shape index (κ1) is 10.4. The summed E-state index contributed by atoms with van der Waals surface area (Å²) in [5, 5.41) is 3.26. The molecule has 1 aliphatic heterocycles. The summed E-state index contributed by atoms with van der Waals surface area (Å²) in [5.41, 5.74) is 0. The summed E-state index contributed by atoms with van der Waals surface area (Å²) in [6, 6.07) is 5.23. The number of piperidine rings is 1.